The monoisotopic (exact) mass is 389 g/mol. The van der Waals surface area contributed by atoms with Gasteiger partial charge in [-0.2, -0.15) is 0 Å². The number of anilines is 2. The van der Waals surface area contributed by atoms with E-state index in [1.807, 2.05) is 35.4 Å². The van der Waals surface area contributed by atoms with E-state index >= 15 is 0 Å². The Balaban J connectivity index is 1.55. The molecule has 1 aliphatic rings. The Morgan fingerprint density at radius 3 is 2.21 bits per heavy atom. The number of hydrogen-bond donors (Lipinski definition) is 0. The number of H-pyrrole nitrogens is 1. The minimum atomic E-state index is -0.408. The number of aromatic nitrogens is 1. The van der Waals surface area contributed by atoms with E-state index in [2.05, 4.69) is 9.88 Å². The standard InChI is InChI=1S/C22H20N4O3/c27-22(17-6-2-1-3-7-17)18-9-10-19(20(16-18)26(28)29)24-12-14-25(15-13-24)21-8-4-5-11-23-21/h1-11,16H,12-15H2/p+1. The van der Waals surface area contributed by atoms with Gasteiger partial charge in [-0.25, -0.2) is 4.98 Å². The highest BCUT2D eigenvalue weighted by atomic mass is 16.6. The fourth-order valence-electron chi connectivity index (χ4n) is 3.60. The molecule has 1 fully saturated rings. The third-order valence-electron chi connectivity index (χ3n) is 5.12. The second-order valence-corrected chi connectivity index (χ2v) is 6.88. The van der Waals surface area contributed by atoms with E-state index in [0.29, 0.717) is 29.9 Å². The first-order valence-corrected chi connectivity index (χ1v) is 9.48. The molecule has 3 aromatic rings. The summed E-state index contributed by atoms with van der Waals surface area (Å²) in [7, 11) is 0. The molecule has 0 radical (unpaired) electrons. The predicted molar refractivity (Wildman–Crippen MR) is 110 cm³/mol. The van der Waals surface area contributed by atoms with Crippen molar-refractivity contribution in [2.75, 3.05) is 36.0 Å². The normalized spacial score (nSPS) is 13.9. The number of ketones is 1. The fourth-order valence-corrected chi connectivity index (χ4v) is 3.60. The number of piperazine rings is 1. The number of carbonyl (C=O) groups is 1. The molecule has 7 heteroatoms. The van der Waals surface area contributed by atoms with E-state index < -0.39 is 4.92 Å². The summed E-state index contributed by atoms with van der Waals surface area (Å²) in [5, 5.41) is 11.7. The molecule has 1 N–H and O–H groups in total. The Morgan fingerprint density at radius 1 is 0.862 bits per heavy atom. The lowest BCUT2D eigenvalue weighted by atomic mass is 10.0. The summed E-state index contributed by atoms with van der Waals surface area (Å²) in [5.74, 6) is 0.815. The summed E-state index contributed by atoms with van der Waals surface area (Å²) >= 11 is 0. The van der Waals surface area contributed by atoms with E-state index in [-0.39, 0.29) is 11.5 Å². The first kappa shape index (κ1) is 18.6. The summed E-state index contributed by atoms with van der Waals surface area (Å²) in [6.45, 7) is 2.83. The van der Waals surface area contributed by atoms with Crippen molar-refractivity contribution in [1.29, 1.82) is 0 Å². The third-order valence-corrected chi connectivity index (χ3v) is 5.12. The number of carbonyl (C=O) groups excluding carboxylic acids is 1. The number of nitrogens with zero attached hydrogens (tertiary/aromatic N) is 3. The van der Waals surface area contributed by atoms with Crippen molar-refractivity contribution in [2.24, 2.45) is 0 Å². The topological polar surface area (TPSA) is 80.8 Å². The summed E-state index contributed by atoms with van der Waals surface area (Å²) in [5.41, 5.74) is 1.36. The fraction of sp³-hybridized carbons (Fsp3) is 0.182. The molecular formula is C22H21N4O3+. The molecular weight excluding hydrogens is 368 g/mol. The molecule has 1 saturated heterocycles. The summed E-state index contributed by atoms with van der Waals surface area (Å²) in [6, 6.07) is 19.5. The number of aromatic amines is 1. The van der Waals surface area contributed by atoms with Crippen LogP contribution in [0.3, 0.4) is 0 Å². The van der Waals surface area contributed by atoms with Crippen LogP contribution in [-0.4, -0.2) is 36.9 Å². The van der Waals surface area contributed by atoms with Crippen molar-refractivity contribution < 1.29 is 14.7 Å². The lowest BCUT2D eigenvalue weighted by molar-refractivity contribution is -0.384. The molecule has 0 amide bonds. The van der Waals surface area contributed by atoms with Crippen molar-refractivity contribution >= 4 is 23.0 Å². The zero-order chi connectivity index (χ0) is 20.2. The van der Waals surface area contributed by atoms with Crippen LogP contribution in [0.5, 0.6) is 0 Å². The Kier molecular flexibility index (Phi) is 5.20. The SMILES string of the molecule is O=C(c1ccccc1)c1ccc(N2CCN(c3cccc[nH+]3)CC2)c([N+](=O)[O-])c1. The van der Waals surface area contributed by atoms with Gasteiger partial charge < -0.3 is 4.90 Å². The van der Waals surface area contributed by atoms with Gasteiger partial charge in [-0.05, 0) is 18.2 Å². The van der Waals surface area contributed by atoms with E-state index in [0.717, 1.165) is 18.9 Å². The van der Waals surface area contributed by atoms with Crippen LogP contribution in [0.2, 0.25) is 0 Å². The molecule has 0 aliphatic carbocycles. The van der Waals surface area contributed by atoms with Gasteiger partial charge in [0.2, 0.25) is 0 Å². The number of rotatable bonds is 5. The van der Waals surface area contributed by atoms with Crippen LogP contribution >= 0.6 is 0 Å². The van der Waals surface area contributed by atoms with Gasteiger partial charge in [0, 0.05) is 23.3 Å². The highest BCUT2D eigenvalue weighted by Crippen LogP contribution is 2.31. The van der Waals surface area contributed by atoms with E-state index in [4.69, 9.17) is 0 Å². The van der Waals surface area contributed by atoms with Crippen molar-refractivity contribution in [2.45, 2.75) is 0 Å². The van der Waals surface area contributed by atoms with Gasteiger partial charge in [0.05, 0.1) is 24.2 Å². The van der Waals surface area contributed by atoms with Gasteiger partial charge in [-0.3, -0.25) is 19.8 Å². The Hall–Kier alpha value is -3.74. The molecule has 29 heavy (non-hydrogen) atoms. The summed E-state index contributed by atoms with van der Waals surface area (Å²) in [6.07, 6.45) is 1.88. The third kappa shape index (κ3) is 3.94. The first-order chi connectivity index (χ1) is 14.1. The minimum Gasteiger partial charge on any atom is -0.358 e. The van der Waals surface area contributed by atoms with Gasteiger partial charge in [0.15, 0.2) is 5.78 Å². The van der Waals surface area contributed by atoms with Crippen LogP contribution in [-0.2, 0) is 0 Å². The molecule has 0 saturated carbocycles. The molecule has 146 valence electrons. The highest BCUT2D eigenvalue weighted by molar-refractivity contribution is 6.09. The van der Waals surface area contributed by atoms with Crippen LogP contribution in [0.15, 0.2) is 72.9 Å². The number of benzene rings is 2. The first-order valence-electron chi connectivity index (χ1n) is 9.48. The molecule has 0 spiro atoms. The van der Waals surface area contributed by atoms with E-state index in [1.165, 1.54) is 6.07 Å². The number of pyridine rings is 1. The lowest BCUT2D eigenvalue weighted by Gasteiger charge is -2.32. The quantitative estimate of drug-likeness (QED) is 0.381. The minimum absolute atomic E-state index is 0.0356. The average molecular weight is 389 g/mol. The maximum Gasteiger partial charge on any atom is 0.293 e. The molecule has 1 aromatic heterocycles. The molecule has 0 atom stereocenters. The van der Waals surface area contributed by atoms with E-state index in [1.54, 1.807) is 36.4 Å². The van der Waals surface area contributed by atoms with Crippen molar-refractivity contribution in [3.8, 4) is 0 Å². The van der Waals surface area contributed by atoms with Crippen LogP contribution < -0.4 is 14.8 Å². The molecule has 0 unspecified atom stereocenters. The second kappa shape index (κ2) is 8.10. The Labute approximate surface area is 168 Å². The zero-order valence-electron chi connectivity index (χ0n) is 15.8. The number of nitro groups is 1. The Morgan fingerprint density at radius 2 is 1.55 bits per heavy atom. The molecule has 0 bridgehead atoms. The van der Waals surface area contributed by atoms with Gasteiger partial charge in [-0.15, -0.1) is 0 Å². The van der Waals surface area contributed by atoms with Gasteiger partial charge in [0.1, 0.15) is 18.8 Å². The summed E-state index contributed by atoms with van der Waals surface area (Å²) in [4.78, 5) is 31.4. The Bertz CT molecular complexity index is 1020. The van der Waals surface area contributed by atoms with Crippen molar-refractivity contribution in [1.82, 2.24) is 0 Å². The van der Waals surface area contributed by atoms with Gasteiger partial charge in [-0.1, -0.05) is 36.4 Å². The molecule has 2 aromatic carbocycles. The van der Waals surface area contributed by atoms with Gasteiger partial charge >= 0.3 is 0 Å². The molecule has 4 rings (SSSR count). The average Bonchev–Trinajstić information content (AvgIpc) is 2.79. The van der Waals surface area contributed by atoms with Crippen LogP contribution in [0, 0.1) is 10.1 Å². The smallest absolute Gasteiger partial charge is 0.293 e. The lowest BCUT2D eigenvalue weighted by Crippen LogP contribution is -2.48. The van der Waals surface area contributed by atoms with Gasteiger partial charge in [0.25, 0.3) is 11.5 Å². The largest absolute Gasteiger partial charge is 0.358 e. The van der Waals surface area contributed by atoms with Crippen molar-refractivity contribution in [3.63, 3.8) is 0 Å². The predicted octanol–water partition coefficient (Wildman–Crippen LogP) is 2.97. The van der Waals surface area contributed by atoms with Crippen LogP contribution in [0.4, 0.5) is 17.2 Å². The molecule has 1 aliphatic heterocycles. The van der Waals surface area contributed by atoms with E-state index in [9.17, 15) is 14.9 Å². The molecule has 7 nitrogen and oxygen atoms in total. The number of hydrogen-bond acceptors (Lipinski definition) is 5. The maximum atomic E-state index is 12.7. The zero-order valence-corrected chi connectivity index (χ0v) is 15.8. The summed E-state index contributed by atoms with van der Waals surface area (Å²) < 4.78 is 0. The number of nitrogens with one attached hydrogen (secondary N) is 1. The highest BCUT2D eigenvalue weighted by Gasteiger charge is 2.28. The molecule has 2 heterocycles. The van der Waals surface area contributed by atoms with Crippen LogP contribution in [0.25, 0.3) is 0 Å². The second-order valence-electron chi connectivity index (χ2n) is 6.88. The van der Waals surface area contributed by atoms with Crippen LogP contribution in [0.1, 0.15) is 15.9 Å². The van der Waals surface area contributed by atoms with Crippen molar-refractivity contribution in [3.05, 3.63) is 94.2 Å². The number of nitro benzene ring substituents is 1. The maximum absolute atomic E-state index is 12.7.